The SMILES string of the molecule is CC(C)(C)C[C@H](CO)Nc1cc(F)ccc1[N+](=O)[O-]. The van der Waals surface area contributed by atoms with Crippen LogP contribution in [0.3, 0.4) is 0 Å². The number of nitro benzene ring substituents is 1. The van der Waals surface area contributed by atoms with Crippen LogP contribution in [0.1, 0.15) is 27.2 Å². The molecule has 2 N–H and O–H groups in total. The van der Waals surface area contributed by atoms with Gasteiger partial charge in [0, 0.05) is 18.2 Å². The number of nitrogens with zero attached hydrogens (tertiary/aromatic N) is 1. The van der Waals surface area contributed by atoms with Crippen LogP contribution in [0.25, 0.3) is 0 Å². The van der Waals surface area contributed by atoms with E-state index in [2.05, 4.69) is 5.32 Å². The lowest BCUT2D eigenvalue weighted by Crippen LogP contribution is -2.29. The maximum absolute atomic E-state index is 13.2. The van der Waals surface area contributed by atoms with Crippen LogP contribution in [0.5, 0.6) is 0 Å². The molecule has 0 saturated heterocycles. The van der Waals surface area contributed by atoms with Gasteiger partial charge in [0.25, 0.3) is 5.69 Å². The Bertz CT molecular complexity index is 458. The van der Waals surface area contributed by atoms with Crippen molar-refractivity contribution < 1.29 is 14.4 Å². The minimum atomic E-state index is -0.576. The second-order valence-corrected chi connectivity index (χ2v) is 5.71. The normalized spacial score (nSPS) is 13.1. The smallest absolute Gasteiger partial charge is 0.292 e. The number of hydrogen-bond donors (Lipinski definition) is 2. The number of nitrogens with one attached hydrogen (secondary N) is 1. The van der Waals surface area contributed by atoms with E-state index in [1.165, 1.54) is 0 Å². The number of benzene rings is 1. The molecule has 106 valence electrons. The van der Waals surface area contributed by atoms with Gasteiger partial charge in [-0.25, -0.2) is 4.39 Å². The van der Waals surface area contributed by atoms with Crippen molar-refractivity contribution in [2.45, 2.75) is 33.2 Å². The van der Waals surface area contributed by atoms with Crippen LogP contribution in [0.2, 0.25) is 0 Å². The van der Waals surface area contributed by atoms with Crippen LogP contribution in [0.4, 0.5) is 15.8 Å². The first-order valence-electron chi connectivity index (χ1n) is 6.04. The van der Waals surface area contributed by atoms with E-state index in [-0.39, 0.29) is 29.4 Å². The van der Waals surface area contributed by atoms with E-state index in [1.54, 1.807) is 0 Å². The molecule has 0 heterocycles. The molecule has 6 heteroatoms. The number of nitro groups is 1. The predicted octanol–water partition coefficient (Wildman–Crippen LogP) is 2.94. The highest BCUT2D eigenvalue weighted by Crippen LogP contribution is 2.28. The molecule has 1 aromatic rings. The third kappa shape index (κ3) is 4.82. The van der Waals surface area contributed by atoms with Gasteiger partial charge in [0.2, 0.25) is 0 Å². The maximum atomic E-state index is 13.2. The third-order valence-electron chi connectivity index (χ3n) is 2.59. The van der Waals surface area contributed by atoms with E-state index in [9.17, 15) is 19.6 Å². The molecule has 1 rings (SSSR count). The number of halogens is 1. The Morgan fingerprint density at radius 2 is 2.11 bits per heavy atom. The minimum absolute atomic E-state index is 0.0531. The van der Waals surface area contributed by atoms with Crippen LogP contribution < -0.4 is 5.32 Å². The second kappa shape index (κ2) is 5.97. The summed E-state index contributed by atoms with van der Waals surface area (Å²) in [7, 11) is 0. The monoisotopic (exact) mass is 270 g/mol. The number of rotatable bonds is 5. The molecule has 0 saturated carbocycles. The fourth-order valence-corrected chi connectivity index (χ4v) is 1.90. The number of hydrogen-bond acceptors (Lipinski definition) is 4. The first-order chi connectivity index (χ1) is 8.73. The van der Waals surface area contributed by atoms with Crippen molar-refractivity contribution in [2.24, 2.45) is 5.41 Å². The Morgan fingerprint density at radius 3 is 2.58 bits per heavy atom. The van der Waals surface area contributed by atoms with Gasteiger partial charge in [-0.05, 0) is 17.9 Å². The molecule has 0 unspecified atom stereocenters. The van der Waals surface area contributed by atoms with E-state index in [1.807, 2.05) is 20.8 Å². The van der Waals surface area contributed by atoms with Crippen molar-refractivity contribution in [1.82, 2.24) is 0 Å². The van der Waals surface area contributed by atoms with E-state index < -0.39 is 10.7 Å². The molecule has 0 radical (unpaired) electrons. The molecule has 5 nitrogen and oxygen atoms in total. The zero-order valence-corrected chi connectivity index (χ0v) is 11.3. The van der Waals surface area contributed by atoms with Gasteiger partial charge in [-0.15, -0.1) is 0 Å². The van der Waals surface area contributed by atoms with Crippen LogP contribution in [0.15, 0.2) is 18.2 Å². The van der Waals surface area contributed by atoms with E-state index in [0.29, 0.717) is 6.42 Å². The molecule has 0 aliphatic heterocycles. The topological polar surface area (TPSA) is 75.4 Å². The van der Waals surface area contributed by atoms with Gasteiger partial charge in [0.1, 0.15) is 11.5 Å². The van der Waals surface area contributed by atoms with Gasteiger partial charge in [-0.1, -0.05) is 20.8 Å². The Balaban J connectivity index is 2.96. The summed E-state index contributed by atoms with van der Waals surface area (Å²) < 4.78 is 13.2. The molecule has 19 heavy (non-hydrogen) atoms. The summed E-state index contributed by atoms with van der Waals surface area (Å²) in [5.41, 5.74) is -0.162. The van der Waals surface area contributed by atoms with Gasteiger partial charge in [-0.2, -0.15) is 0 Å². The van der Waals surface area contributed by atoms with Gasteiger partial charge < -0.3 is 10.4 Å². The highest BCUT2D eigenvalue weighted by atomic mass is 19.1. The predicted molar refractivity (Wildman–Crippen MR) is 71.6 cm³/mol. The van der Waals surface area contributed by atoms with Gasteiger partial charge in [0.05, 0.1) is 11.5 Å². The van der Waals surface area contributed by atoms with Gasteiger partial charge in [-0.3, -0.25) is 10.1 Å². The standard InChI is InChI=1S/C13H19FN2O3/c1-13(2,3)7-10(8-17)15-11-6-9(14)4-5-12(11)16(18)19/h4-6,10,15,17H,7-8H2,1-3H3/t10-/m1/s1. The van der Waals surface area contributed by atoms with Crippen molar-refractivity contribution in [3.8, 4) is 0 Å². The maximum Gasteiger partial charge on any atom is 0.292 e. The lowest BCUT2D eigenvalue weighted by molar-refractivity contribution is -0.384. The van der Waals surface area contributed by atoms with E-state index in [4.69, 9.17) is 0 Å². The molecule has 0 aliphatic carbocycles. The molecular weight excluding hydrogens is 251 g/mol. The Morgan fingerprint density at radius 1 is 1.47 bits per heavy atom. The summed E-state index contributed by atoms with van der Waals surface area (Å²) in [5.74, 6) is -0.555. The molecule has 0 aliphatic rings. The van der Waals surface area contributed by atoms with Crippen LogP contribution in [0, 0.1) is 21.3 Å². The molecule has 0 aromatic heterocycles. The Kier molecular flexibility index (Phi) is 4.83. The molecule has 0 amide bonds. The van der Waals surface area contributed by atoms with Crippen molar-refractivity contribution in [3.63, 3.8) is 0 Å². The van der Waals surface area contributed by atoms with Crippen molar-refractivity contribution in [3.05, 3.63) is 34.1 Å². The lowest BCUT2D eigenvalue weighted by atomic mass is 9.88. The average Bonchev–Trinajstić information content (AvgIpc) is 2.25. The molecule has 0 spiro atoms. The lowest BCUT2D eigenvalue weighted by Gasteiger charge is -2.26. The third-order valence-corrected chi connectivity index (χ3v) is 2.59. The first-order valence-corrected chi connectivity index (χ1v) is 6.04. The fourth-order valence-electron chi connectivity index (χ4n) is 1.90. The van der Waals surface area contributed by atoms with Crippen LogP contribution in [-0.4, -0.2) is 22.7 Å². The van der Waals surface area contributed by atoms with Crippen LogP contribution >= 0.6 is 0 Å². The minimum Gasteiger partial charge on any atom is -0.394 e. The molecule has 1 aromatic carbocycles. The molecule has 0 bridgehead atoms. The number of anilines is 1. The summed E-state index contributed by atoms with van der Waals surface area (Å²) in [4.78, 5) is 10.3. The highest BCUT2D eigenvalue weighted by Gasteiger charge is 2.21. The summed E-state index contributed by atoms with van der Waals surface area (Å²) in [6.45, 7) is 5.82. The Hall–Kier alpha value is -1.69. The Labute approximate surface area is 111 Å². The zero-order valence-electron chi connectivity index (χ0n) is 11.3. The first kappa shape index (κ1) is 15.4. The second-order valence-electron chi connectivity index (χ2n) is 5.71. The average molecular weight is 270 g/mol. The molecular formula is C13H19FN2O3. The largest absolute Gasteiger partial charge is 0.394 e. The summed E-state index contributed by atoms with van der Waals surface area (Å²) >= 11 is 0. The van der Waals surface area contributed by atoms with Crippen molar-refractivity contribution in [2.75, 3.05) is 11.9 Å². The number of aliphatic hydroxyl groups excluding tert-OH is 1. The summed E-state index contributed by atoms with van der Waals surface area (Å²) in [5, 5.41) is 23.0. The van der Waals surface area contributed by atoms with E-state index >= 15 is 0 Å². The van der Waals surface area contributed by atoms with Gasteiger partial charge >= 0.3 is 0 Å². The van der Waals surface area contributed by atoms with E-state index in [0.717, 1.165) is 18.2 Å². The van der Waals surface area contributed by atoms with Gasteiger partial charge in [0.15, 0.2) is 0 Å². The zero-order chi connectivity index (χ0) is 14.6. The van der Waals surface area contributed by atoms with Crippen molar-refractivity contribution >= 4 is 11.4 Å². The quantitative estimate of drug-likeness (QED) is 0.637. The number of aliphatic hydroxyl groups is 1. The summed E-state index contributed by atoms with van der Waals surface area (Å²) in [6.07, 6.45) is 0.608. The molecule has 1 atom stereocenters. The highest BCUT2D eigenvalue weighted by molar-refractivity contribution is 5.61. The van der Waals surface area contributed by atoms with Crippen molar-refractivity contribution in [1.29, 1.82) is 0 Å². The summed E-state index contributed by atoms with van der Waals surface area (Å²) in [6, 6.07) is 2.87. The molecule has 0 fully saturated rings. The fraction of sp³-hybridized carbons (Fsp3) is 0.538. The van der Waals surface area contributed by atoms with Crippen LogP contribution in [-0.2, 0) is 0 Å².